The number of aliphatic carboxylic acids is 1. The number of unbranched alkanes of at least 4 members (excludes halogenated alkanes) is 2. The smallest absolute Gasteiger partial charge is 0.303 e. The SMILES string of the molecule is CCCCCC(=O)CCC1=C(CCC(=O)O)C(=O)CC1O. The minimum atomic E-state index is -0.966. The van der Waals surface area contributed by atoms with Crippen LogP contribution < -0.4 is 0 Å². The Balaban J connectivity index is 2.56. The van der Waals surface area contributed by atoms with Gasteiger partial charge in [0.25, 0.3) is 0 Å². The van der Waals surface area contributed by atoms with Crippen molar-refractivity contribution < 1.29 is 24.6 Å². The van der Waals surface area contributed by atoms with Gasteiger partial charge in [0.1, 0.15) is 5.78 Å². The lowest BCUT2D eigenvalue weighted by atomic mass is 9.98. The van der Waals surface area contributed by atoms with Crippen LogP contribution in [0, 0.1) is 0 Å². The molecule has 1 aliphatic rings. The Morgan fingerprint density at radius 1 is 1.14 bits per heavy atom. The molecule has 0 saturated carbocycles. The van der Waals surface area contributed by atoms with E-state index in [-0.39, 0.29) is 30.8 Å². The first kappa shape index (κ1) is 17.6. The first-order valence-corrected chi connectivity index (χ1v) is 7.62. The maximum atomic E-state index is 11.8. The van der Waals surface area contributed by atoms with Crippen molar-refractivity contribution >= 4 is 17.5 Å². The molecule has 5 heteroatoms. The number of carbonyl (C=O) groups excluding carboxylic acids is 2. The summed E-state index contributed by atoms with van der Waals surface area (Å²) in [6, 6.07) is 0. The number of hydrogen-bond donors (Lipinski definition) is 2. The molecule has 21 heavy (non-hydrogen) atoms. The summed E-state index contributed by atoms with van der Waals surface area (Å²) >= 11 is 0. The molecule has 0 aliphatic heterocycles. The van der Waals surface area contributed by atoms with Crippen molar-refractivity contribution in [1.82, 2.24) is 0 Å². The van der Waals surface area contributed by atoms with Crippen molar-refractivity contribution in [2.24, 2.45) is 0 Å². The predicted molar refractivity (Wildman–Crippen MR) is 77.9 cm³/mol. The Kier molecular flexibility index (Phi) is 7.29. The van der Waals surface area contributed by atoms with Crippen molar-refractivity contribution in [3.8, 4) is 0 Å². The molecule has 0 fully saturated rings. The van der Waals surface area contributed by atoms with Gasteiger partial charge < -0.3 is 10.2 Å². The molecule has 0 bridgehead atoms. The fourth-order valence-electron chi connectivity index (χ4n) is 2.62. The van der Waals surface area contributed by atoms with Crippen molar-refractivity contribution in [3.63, 3.8) is 0 Å². The Morgan fingerprint density at radius 3 is 2.48 bits per heavy atom. The van der Waals surface area contributed by atoms with Crippen LogP contribution in [0.15, 0.2) is 11.1 Å². The number of aliphatic hydroxyl groups is 1. The van der Waals surface area contributed by atoms with Crippen LogP contribution in [0.4, 0.5) is 0 Å². The van der Waals surface area contributed by atoms with Gasteiger partial charge in [-0.1, -0.05) is 19.8 Å². The molecule has 0 spiro atoms. The fourth-order valence-corrected chi connectivity index (χ4v) is 2.62. The van der Waals surface area contributed by atoms with E-state index < -0.39 is 12.1 Å². The molecule has 2 N–H and O–H groups in total. The van der Waals surface area contributed by atoms with Gasteiger partial charge >= 0.3 is 5.97 Å². The predicted octanol–water partition coefficient (Wildman–Crippen LogP) is 2.41. The van der Waals surface area contributed by atoms with Gasteiger partial charge in [0.15, 0.2) is 5.78 Å². The van der Waals surface area contributed by atoms with Crippen molar-refractivity contribution in [3.05, 3.63) is 11.1 Å². The zero-order valence-electron chi connectivity index (χ0n) is 12.6. The van der Waals surface area contributed by atoms with E-state index in [0.29, 0.717) is 30.4 Å². The van der Waals surface area contributed by atoms with Gasteiger partial charge in [-0.15, -0.1) is 0 Å². The quantitative estimate of drug-likeness (QED) is 0.604. The second-order valence-electron chi connectivity index (χ2n) is 5.54. The van der Waals surface area contributed by atoms with Gasteiger partial charge in [0.05, 0.1) is 6.10 Å². The molecule has 0 aromatic carbocycles. The summed E-state index contributed by atoms with van der Waals surface area (Å²) in [5.74, 6) is -1.01. The molecule has 1 atom stereocenters. The Hall–Kier alpha value is -1.49. The van der Waals surface area contributed by atoms with E-state index in [1.165, 1.54) is 0 Å². The Morgan fingerprint density at radius 2 is 1.86 bits per heavy atom. The van der Waals surface area contributed by atoms with E-state index in [0.717, 1.165) is 19.3 Å². The standard InChI is InChI=1S/C16H24O5/c1-2-3-4-5-11(17)6-7-12-13(8-9-16(20)21)15(19)10-14(12)18/h14,18H,2-10H2,1H3,(H,20,21). The highest BCUT2D eigenvalue weighted by Crippen LogP contribution is 2.30. The summed E-state index contributed by atoms with van der Waals surface area (Å²) in [5, 5.41) is 18.6. The summed E-state index contributed by atoms with van der Waals surface area (Å²) in [6.07, 6.45) is 3.39. The van der Waals surface area contributed by atoms with Gasteiger partial charge in [-0.3, -0.25) is 14.4 Å². The normalized spacial score (nSPS) is 18.4. The molecular formula is C16H24O5. The number of carbonyl (C=O) groups is 3. The van der Waals surface area contributed by atoms with E-state index in [1.54, 1.807) is 0 Å². The molecule has 1 rings (SSSR count). The third-order valence-corrected chi connectivity index (χ3v) is 3.83. The molecular weight excluding hydrogens is 272 g/mol. The second-order valence-corrected chi connectivity index (χ2v) is 5.54. The van der Waals surface area contributed by atoms with Gasteiger partial charge in [-0.05, 0) is 30.4 Å². The van der Waals surface area contributed by atoms with Crippen LogP contribution in [0.3, 0.4) is 0 Å². The summed E-state index contributed by atoms with van der Waals surface area (Å²) in [4.78, 5) is 34.1. The fraction of sp³-hybridized carbons (Fsp3) is 0.688. The monoisotopic (exact) mass is 296 g/mol. The average Bonchev–Trinajstić information content (AvgIpc) is 2.68. The maximum Gasteiger partial charge on any atom is 0.303 e. The van der Waals surface area contributed by atoms with Gasteiger partial charge in [0.2, 0.25) is 0 Å². The highest BCUT2D eigenvalue weighted by atomic mass is 16.4. The number of aliphatic hydroxyl groups excluding tert-OH is 1. The first-order chi connectivity index (χ1) is 9.95. The molecule has 0 saturated heterocycles. The molecule has 0 aromatic rings. The van der Waals surface area contributed by atoms with Gasteiger partial charge in [-0.25, -0.2) is 0 Å². The molecule has 1 aliphatic carbocycles. The number of rotatable bonds is 10. The van der Waals surface area contributed by atoms with E-state index in [1.807, 2.05) is 0 Å². The molecule has 0 radical (unpaired) electrons. The van der Waals surface area contributed by atoms with Crippen LogP contribution in [0.25, 0.3) is 0 Å². The van der Waals surface area contributed by atoms with Gasteiger partial charge in [0, 0.05) is 25.7 Å². The van der Waals surface area contributed by atoms with Crippen molar-refractivity contribution in [1.29, 1.82) is 0 Å². The lowest BCUT2D eigenvalue weighted by molar-refractivity contribution is -0.137. The van der Waals surface area contributed by atoms with E-state index in [2.05, 4.69) is 6.92 Å². The van der Waals surface area contributed by atoms with Crippen LogP contribution in [0.2, 0.25) is 0 Å². The Bertz CT molecular complexity index is 436. The average molecular weight is 296 g/mol. The van der Waals surface area contributed by atoms with Crippen LogP contribution in [0.5, 0.6) is 0 Å². The molecule has 0 aromatic heterocycles. The minimum Gasteiger partial charge on any atom is -0.481 e. The zero-order valence-corrected chi connectivity index (χ0v) is 12.6. The number of hydrogen-bond acceptors (Lipinski definition) is 4. The van der Waals surface area contributed by atoms with Crippen LogP contribution in [-0.4, -0.2) is 33.9 Å². The van der Waals surface area contributed by atoms with Crippen LogP contribution in [-0.2, 0) is 14.4 Å². The Labute approximate surface area is 125 Å². The summed E-state index contributed by atoms with van der Waals surface area (Å²) < 4.78 is 0. The minimum absolute atomic E-state index is 0.0221. The largest absolute Gasteiger partial charge is 0.481 e. The molecule has 1 unspecified atom stereocenters. The van der Waals surface area contributed by atoms with Gasteiger partial charge in [-0.2, -0.15) is 0 Å². The van der Waals surface area contributed by atoms with Crippen LogP contribution in [0.1, 0.15) is 64.7 Å². The number of allylic oxidation sites excluding steroid dienone is 1. The lowest BCUT2D eigenvalue weighted by Crippen LogP contribution is -2.08. The highest BCUT2D eigenvalue weighted by molar-refractivity contribution is 6.00. The number of carboxylic acid groups (broad SMARTS) is 1. The number of Topliss-reactive ketones (excluding diaryl/α,β-unsaturated/α-hetero) is 2. The summed E-state index contributed by atoms with van der Waals surface area (Å²) in [6.45, 7) is 2.07. The number of ketones is 2. The molecule has 0 amide bonds. The topological polar surface area (TPSA) is 91.7 Å². The van der Waals surface area contributed by atoms with E-state index in [4.69, 9.17) is 5.11 Å². The molecule has 5 nitrogen and oxygen atoms in total. The van der Waals surface area contributed by atoms with Crippen molar-refractivity contribution in [2.75, 3.05) is 0 Å². The summed E-state index contributed by atoms with van der Waals surface area (Å²) in [5.41, 5.74) is 0.997. The molecule has 118 valence electrons. The second kappa shape index (κ2) is 8.72. The number of carboxylic acids is 1. The summed E-state index contributed by atoms with van der Waals surface area (Å²) in [7, 11) is 0. The third kappa shape index (κ3) is 5.79. The highest BCUT2D eigenvalue weighted by Gasteiger charge is 2.30. The zero-order chi connectivity index (χ0) is 15.8. The van der Waals surface area contributed by atoms with E-state index in [9.17, 15) is 19.5 Å². The maximum absolute atomic E-state index is 11.8. The third-order valence-electron chi connectivity index (χ3n) is 3.83. The van der Waals surface area contributed by atoms with Crippen LogP contribution >= 0.6 is 0 Å². The molecule has 0 heterocycles. The lowest BCUT2D eigenvalue weighted by Gasteiger charge is -2.09. The first-order valence-electron chi connectivity index (χ1n) is 7.62. The van der Waals surface area contributed by atoms with Crippen molar-refractivity contribution in [2.45, 2.75) is 70.8 Å². The van der Waals surface area contributed by atoms with E-state index >= 15 is 0 Å².